The van der Waals surface area contributed by atoms with Gasteiger partial charge in [0, 0.05) is 0 Å². The fraction of sp³-hybridized carbons (Fsp3) is 0.625. The lowest BCUT2D eigenvalue weighted by Crippen LogP contribution is -2.10. The van der Waals surface area contributed by atoms with E-state index in [2.05, 4.69) is 58.6 Å². The third-order valence-electron chi connectivity index (χ3n) is 3.93. The summed E-state index contributed by atoms with van der Waals surface area (Å²) in [6.45, 7) is 13.1. The molecule has 0 aromatic heterocycles. The maximum absolute atomic E-state index is 3.87. The summed E-state index contributed by atoms with van der Waals surface area (Å²) in [5.41, 5.74) is 0.906. The molecule has 17 heavy (non-hydrogen) atoms. The highest BCUT2D eigenvalue weighted by atomic mass is 31.1. The number of allylic oxidation sites excluding steroid dienone is 5. The van der Waals surface area contributed by atoms with Crippen molar-refractivity contribution < 1.29 is 0 Å². The molecule has 0 radical (unpaired) electrons. The molecular weight excluding hydrogens is 223 g/mol. The highest BCUT2D eigenvalue weighted by Crippen LogP contribution is 2.59. The van der Waals surface area contributed by atoms with E-state index in [1.54, 1.807) is 5.31 Å². The minimum atomic E-state index is 0.114. The van der Waals surface area contributed by atoms with Crippen LogP contribution in [-0.2, 0) is 0 Å². The fourth-order valence-electron chi connectivity index (χ4n) is 2.76. The molecule has 0 spiro atoms. The van der Waals surface area contributed by atoms with Gasteiger partial charge in [0.15, 0.2) is 0 Å². The zero-order chi connectivity index (χ0) is 12.8. The Morgan fingerprint density at radius 1 is 1.53 bits per heavy atom. The molecule has 0 N–H and O–H groups in total. The average molecular weight is 250 g/mol. The number of rotatable bonds is 5. The van der Waals surface area contributed by atoms with E-state index in [1.165, 1.54) is 19.0 Å². The van der Waals surface area contributed by atoms with Crippen LogP contribution in [0.4, 0.5) is 0 Å². The summed E-state index contributed by atoms with van der Waals surface area (Å²) in [4.78, 5) is 0. The van der Waals surface area contributed by atoms with Crippen LogP contribution in [0.25, 0.3) is 0 Å². The van der Waals surface area contributed by atoms with Gasteiger partial charge in [-0.25, -0.2) is 0 Å². The standard InChI is InChI=1S/C16H27P/c1-6-8-10-14(4)17-12-16(11-15(17)5)13(3)9-7-2/h6-8,10,13,15-16H,2,9,11-12H2,1,3-5H3/b8-6-,14-10+. The molecule has 96 valence electrons. The van der Waals surface area contributed by atoms with Gasteiger partial charge >= 0.3 is 0 Å². The van der Waals surface area contributed by atoms with E-state index < -0.39 is 0 Å². The minimum absolute atomic E-state index is 0.114. The van der Waals surface area contributed by atoms with Crippen LogP contribution >= 0.6 is 7.92 Å². The lowest BCUT2D eigenvalue weighted by Gasteiger charge is -2.18. The molecule has 0 nitrogen and oxygen atoms in total. The molecule has 0 amide bonds. The zero-order valence-corrected chi connectivity index (χ0v) is 12.7. The number of hydrogen-bond donors (Lipinski definition) is 0. The zero-order valence-electron chi connectivity index (χ0n) is 11.8. The van der Waals surface area contributed by atoms with Gasteiger partial charge in [-0.15, -0.1) is 6.58 Å². The SMILES string of the molecule is C=CCC(C)C1CC(C)P(/C(C)=C/C=C\C)C1. The van der Waals surface area contributed by atoms with E-state index in [0.29, 0.717) is 0 Å². The summed E-state index contributed by atoms with van der Waals surface area (Å²) >= 11 is 0. The Labute approximate surface area is 109 Å². The molecule has 4 atom stereocenters. The van der Waals surface area contributed by atoms with Gasteiger partial charge in [-0.05, 0) is 55.7 Å². The van der Waals surface area contributed by atoms with E-state index in [1.807, 2.05) is 0 Å². The van der Waals surface area contributed by atoms with Crippen LogP contribution in [0, 0.1) is 11.8 Å². The predicted molar refractivity (Wildman–Crippen MR) is 81.9 cm³/mol. The highest BCUT2D eigenvalue weighted by molar-refractivity contribution is 7.63. The second kappa shape index (κ2) is 7.17. The lowest BCUT2D eigenvalue weighted by atomic mass is 9.89. The van der Waals surface area contributed by atoms with Crippen molar-refractivity contribution in [1.82, 2.24) is 0 Å². The summed E-state index contributed by atoms with van der Waals surface area (Å²) in [5, 5.41) is 1.62. The third-order valence-corrected chi connectivity index (χ3v) is 7.13. The molecule has 4 unspecified atom stereocenters. The maximum atomic E-state index is 3.87. The largest absolute Gasteiger partial charge is 0.103 e. The number of hydrogen-bond acceptors (Lipinski definition) is 0. The van der Waals surface area contributed by atoms with Crippen molar-refractivity contribution in [1.29, 1.82) is 0 Å². The van der Waals surface area contributed by atoms with Gasteiger partial charge in [0.05, 0.1) is 0 Å². The van der Waals surface area contributed by atoms with Crippen LogP contribution in [0.1, 0.15) is 40.5 Å². The summed E-state index contributed by atoms with van der Waals surface area (Å²) in [6, 6.07) is 0. The molecule has 1 aliphatic rings. The van der Waals surface area contributed by atoms with Gasteiger partial charge in [-0.3, -0.25) is 0 Å². The van der Waals surface area contributed by atoms with Crippen molar-refractivity contribution in [3.63, 3.8) is 0 Å². The minimum Gasteiger partial charge on any atom is -0.103 e. The molecule has 0 aliphatic carbocycles. The Kier molecular flexibility index (Phi) is 6.20. The van der Waals surface area contributed by atoms with Gasteiger partial charge < -0.3 is 0 Å². The lowest BCUT2D eigenvalue weighted by molar-refractivity contribution is 0.388. The first-order chi connectivity index (χ1) is 8.10. The van der Waals surface area contributed by atoms with Crippen molar-refractivity contribution >= 4 is 7.92 Å². The van der Waals surface area contributed by atoms with Crippen LogP contribution in [0.3, 0.4) is 0 Å². The Balaban J connectivity index is 2.63. The summed E-state index contributed by atoms with van der Waals surface area (Å²) in [7, 11) is 0.114. The molecule has 0 saturated carbocycles. The van der Waals surface area contributed by atoms with Crippen molar-refractivity contribution in [2.45, 2.75) is 46.2 Å². The predicted octanol–water partition coefficient (Wildman–Crippen LogP) is 5.57. The molecule has 1 fully saturated rings. The molecule has 1 aliphatic heterocycles. The smallest absolute Gasteiger partial charge is 0.0198 e. The molecule has 1 rings (SSSR count). The van der Waals surface area contributed by atoms with E-state index in [4.69, 9.17) is 0 Å². The van der Waals surface area contributed by atoms with Gasteiger partial charge in [0.2, 0.25) is 0 Å². The highest BCUT2D eigenvalue weighted by Gasteiger charge is 2.33. The second-order valence-corrected chi connectivity index (χ2v) is 8.22. The van der Waals surface area contributed by atoms with E-state index in [-0.39, 0.29) is 7.92 Å². The quantitative estimate of drug-likeness (QED) is 0.340. The Bertz CT molecular complexity index is 301. The summed E-state index contributed by atoms with van der Waals surface area (Å²) < 4.78 is 0. The van der Waals surface area contributed by atoms with Crippen molar-refractivity contribution in [3.05, 3.63) is 36.2 Å². The van der Waals surface area contributed by atoms with Crippen LogP contribution in [0.15, 0.2) is 36.2 Å². The first-order valence-corrected chi connectivity index (χ1v) is 8.36. The second-order valence-electron chi connectivity index (χ2n) is 5.33. The molecule has 1 saturated heterocycles. The molecule has 1 heteroatoms. The molecule has 0 bridgehead atoms. The summed E-state index contributed by atoms with van der Waals surface area (Å²) in [6.07, 6.45) is 12.7. The first-order valence-electron chi connectivity index (χ1n) is 6.77. The van der Waals surface area contributed by atoms with Crippen LogP contribution < -0.4 is 0 Å². The van der Waals surface area contributed by atoms with Gasteiger partial charge in [0.25, 0.3) is 0 Å². The van der Waals surface area contributed by atoms with Crippen LogP contribution in [0.5, 0.6) is 0 Å². The Morgan fingerprint density at radius 3 is 2.82 bits per heavy atom. The Hall–Kier alpha value is -0.350. The molecule has 0 aromatic carbocycles. The summed E-state index contributed by atoms with van der Waals surface area (Å²) in [5.74, 6) is 1.74. The molecular formula is C16H27P. The van der Waals surface area contributed by atoms with Crippen molar-refractivity contribution in [2.75, 3.05) is 6.16 Å². The van der Waals surface area contributed by atoms with Gasteiger partial charge in [-0.2, -0.15) is 0 Å². The topological polar surface area (TPSA) is 0 Å². The van der Waals surface area contributed by atoms with Crippen LogP contribution in [-0.4, -0.2) is 11.8 Å². The van der Waals surface area contributed by atoms with E-state index in [0.717, 1.165) is 17.5 Å². The van der Waals surface area contributed by atoms with Crippen molar-refractivity contribution in [3.8, 4) is 0 Å². The normalized spacial score (nSPS) is 32.0. The fourth-order valence-corrected chi connectivity index (χ4v) is 5.92. The van der Waals surface area contributed by atoms with Crippen LogP contribution in [0.2, 0.25) is 0 Å². The van der Waals surface area contributed by atoms with Gasteiger partial charge in [-0.1, -0.05) is 46.1 Å². The molecule has 1 heterocycles. The molecule has 0 aromatic rings. The monoisotopic (exact) mass is 250 g/mol. The Morgan fingerprint density at radius 2 is 2.24 bits per heavy atom. The third kappa shape index (κ3) is 4.11. The average Bonchev–Trinajstić information content (AvgIpc) is 2.68. The first kappa shape index (κ1) is 14.7. The van der Waals surface area contributed by atoms with Gasteiger partial charge in [0.1, 0.15) is 0 Å². The van der Waals surface area contributed by atoms with E-state index in [9.17, 15) is 0 Å². The maximum Gasteiger partial charge on any atom is -0.0198 e. The van der Waals surface area contributed by atoms with Crippen molar-refractivity contribution in [2.24, 2.45) is 11.8 Å². The van der Waals surface area contributed by atoms with E-state index >= 15 is 0 Å².